The molecule has 1 rings (SSSR count). The van der Waals surface area contributed by atoms with Gasteiger partial charge in [-0.05, 0) is 12.5 Å². The van der Waals surface area contributed by atoms with Gasteiger partial charge in [0, 0.05) is 12.2 Å². The Kier molecular flexibility index (Phi) is 11.0. The van der Waals surface area contributed by atoms with Crippen LogP contribution in [0, 0.1) is 0 Å². The van der Waals surface area contributed by atoms with E-state index in [4.69, 9.17) is 5.73 Å². The van der Waals surface area contributed by atoms with Crippen molar-refractivity contribution in [1.29, 1.82) is 0 Å². The van der Waals surface area contributed by atoms with Gasteiger partial charge in [0.15, 0.2) is 0 Å². The number of benzene rings is 1. The highest BCUT2D eigenvalue weighted by atomic mass is 32.1. The predicted octanol–water partition coefficient (Wildman–Crippen LogP) is -2.60. The molecule has 0 aliphatic rings. The van der Waals surface area contributed by atoms with E-state index < -0.39 is 60.6 Å². The van der Waals surface area contributed by atoms with E-state index >= 15 is 0 Å². The highest BCUT2D eigenvalue weighted by Crippen LogP contribution is 2.04. The molecule has 0 aliphatic heterocycles. The molecule has 0 saturated heterocycles. The Hall–Kier alpha value is -2.67. The number of aliphatic hydroxyl groups is 2. The van der Waals surface area contributed by atoms with E-state index in [1.165, 1.54) is 6.92 Å². The minimum atomic E-state index is -1.46. The summed E-state index contributed by atoms with van der Waals surface area (Å²) in [7, 11) is 0. The van der Waals surface area contributed by atoms with Crippen LogP contribution in [0.15, 0.2) is 30.3 Å². The van der Waals surface area contributed by atoms with E-state index in [1.54, 1.807) is 30.3 Å². The third-order valence-electron chi connectivity index (χ3n) is 4.35. The van der Waals surface area contributed by atoms with Gasteiger partial charge in [0.05, 0.1) is 12.7 Å². The highest BCUT2D eigenvalue weighted by Gasteiger charge is 2.30. The maximum atomic E-state index is 12.4. The molecule has 8 N–H and O–H groups in total. The van der Waals surface area contributed by atoms with Gasteiger partial charge in [-0.3, -0.25) is 14.4 Å². The fourth-order valence-corrected chi connectivity index (χ4v) is 2.73. The first-order chi connectivity index (χ1) is 14.6. The van der Waals surface area contributed by atoms with Gasteiger partial charge in [-0.2, -0.15) is 12.6 Å². The molecule has 172 valence electrons. The summed E-state index contributed by atoms with van der Waals surface area (Å²) in [4.78, 5) is 48.3. The number of carbonyl (C=O) groups is 4. The minimum Gasteiger partial charge on any atom is -0.480 e. The zero-order valence-corrected chi connectivity index (χ0v) is 17.8. The molecule has 0 bridgehead atoms. The molecule has 0 heterocycles. The zero-order valence-electron chi connectivity index (χ0n) is 16.9. The summed E-state index contributed by atoms with van der Waals surface area (Å²) in [5.41, 5.74) is 6.18. The molecule has 12 heteroatoms. The molecule has 31 heavy (non-hydrogen) atoms. The summed E-state index contributed by atoms with van der Waals surface area (Å²) in [5, 5.41) is 35.1. The van der Waals surface area contributed by atoms with E-state index in [0.29, 0.717) is 5.56 Å². The molecule has 3 amide bonds. The van der Waals surface area contributed by atoms with Gasteiger partial charge in [-0.25, -0.2) is 4.79 Å². The topological polar surface area (TPSA) is 191 Å². The monoisotopic (exact) mass is 456 g/mol. The summed E-state index contributed by atoms with van der Waals surface area (Å²) in [6.45, 7) is 0.496. The first-order valence-electron chi connectivity index (χ1n) is 9.43. The second kappa shape index (κ2) is 12.9. The molecule has 0 saturated carbocycles. The van der Waals surface area contributed by atoms with Crippen molar-refractivity contribution in [3.8, 4) is 0 Å². The van der Waals surface area contributed by atoms with E-state index in [1.807, 2.05) is 0 Å². The molecular formula is C19H28N4O7S. The van der Waals surface area contributed by atoms with Crippen LogP contribution in [0.4, 0.5) is 0 Å². The van der Waals surface area contributed by atoms with Crippen molar-refractivity contribution in [2.45, 2.75) is 43.6 Å². The van der Waals surface area contributed by atoms with Crippen molar-refractivity contribution >= 4 is 36.3 Å². The molecule has 1 aromatic rings. The van der Waals surface area contributed by atoms with Crippen LogP contribution in [0.3, 0.4) is 0 Å². The summed E-state index contributed by atoms with van der Waals surface area (Å²) in [6.07, 6.45) is -1.15. The van der Waals surface area contributed by atoms with Gasteiger partial charge < -0.3 is 37.0 Å². The van der Waals surface area contributed by atoms with Crippen molar-refractivity contribution in [2.75, 3.05) is 12.4 Å². The average Bonchev–Trinajstić information content (AvgIpc) is 2.74. The number of carboxylic acid groups (broad SMARTS) is 1. The molecule has 5 atom stereocenters. The van der Waals surface area contributed by atoms with Crippen molar-refractivity contribution in [3.63, 3.8) is 0 Å². The van der Waals surface area contributed by atoms with Crippen LogP contribution in [0.5, 0.6) is 0 Å². The maximum absolute atomic E-state index is 12.4. The molecular weight excluding hydrogens is 428 g/mol. The number of hydrogen-bond acceptors (Lipinski definition) is 8. The second-order valence-corrected chi connectivity index (χ2v) is 7.21. The maximum Gasteiger partial charge on any atom is 0.326 e. The van der Waals surface area contributed by atoms with Crippen LogP contribution in [-0.4, -0.2) is 81.6 Å². The number of hydrogen-bond donors (Lipinski definition) is 8. The first-order valence-corrected chi connectivity index (χ1v) is 10.1. The third kappa shape index (κ3) is 8.53. The molecule has 0 spiro atoms. The Morgan fingerprint density at radius 3 is 1.97 bits per heavy atom. The highest BCUT2D eigenvalue weighted by molar-refractivity contribution is 7.80. The number of amides is 3. The summed E-state index contributed by atoms with van der Waals surface area (Å²) >= 11 is 3.97. The second-order valence-electron chi connectivity index (χ2n) is 6.84. The molecule has 0 aliphatic carbocycles. The van der Waals surface area contributed by atoms with E-state index in [2.05, 4.69) is 28.6 Å². The fraction of sp³-hybridized carbons (Fsp3) is 0.474. The Morgan fingerprint density at radius 1 is 0.968 bits per heavy atom. The smallest absolute Gasteiger partial charge is 0.326 e. The number of rotatable bonds is 12. The van der Waals surface area contributed by atoms with Crippen molar-refractivity contribution in [2.24, 2.45) is 5.73 Å². The Labute approximate surface area is 184 Å². The number of nitrogens with one attached hydrogen (secondary N) is 3. The Balaban J connectivity index is 2.77. The van der Waals surface area contributed by atoms with Crippen LogP contribution in [-0.2, 0) is 25.6 Å². The number of carboxylic acids is 1. The van der Waals surface area contributed by atoms with E-state index in [9.17, 15) is 34.5 Å². The quantitative estimate of drug-likeness (QED) is 0.157. The van der Waals surface area contributed by atoms with Crippen LogP contribution >= 0.6 is 12.6 Å². The number of carbonyl (C=O) groups excluding carboxylic acids is 3. The number of aliphatic hydroxyl groups excluding tert-OH is 2. The summed E-state index contributed by atoms with van der Waals surface area (Å²) in [5.74, 6) is -4.00. The Bertz CT molecular complexity index is 763. The van der Waals surface area contributed by atoms with Crippen LogP contribution < -0.4 is 21.7 Å². The third-order valence-corrected chi connectivity index (χ3v) is 4.72. The predicted molar refractivity (Wildman–Crippen MR) is 114 cm³/mol. The van der Waals surface area contributed by atoms with Crippen molar-refractivity contribution in [3.05, 3.63) is 35.9 Å². The Morgan fingerprint density at radius 2 is 1.48 bits per heavy atom. The summed E-state index contributed by atoms with van der Waals surface area (Å²) < 4.78 is 0. The number of aliphatic carboxylic acids is 1. The molecule has 11 nitrogen and oxygen atoms in total. The van der Waals surface area contributed by atoms with Crippen molar-refractivity contribution < 1.29 is 34.5 Å². The van der Waals surface area contributed by atoms with Gasteiger partial charge >= 0.3 is 5.97 Å². The SMILES string of the molecule is CC(O)C(N)C(=O)NC(CS)C(=O)NC(CO)C(=O)NC(Cc1ccccc1)C(=O)O. The normalized spacial score (nSPS) is 15.6. The lowest BCUT2D eigenvalue weighted by molar-refractivity contribution is -0.142. The van der Waals surface area contributed by atoms with Gasteiger partial charge in [0.25, 0.3) is 0 Å². The fourth-order valence-electron chi connectivity index (χ4n) is 2.47. The van der Waals surface area contributed by atoms with Gasteiger partial charge in [-0.15, -0.1) is 0 Å². The molecule has 5 unspecified atom stereocenters. The number of nitrogens with two attached hydrogens (primary N) is 1. The van der Waals surface area contributed by atoms with Gasteiger partial charge in [0.1, 0.15) is 24.2 Å². The number of thiol groups is 1. The standard InChI is InChI=1S/C19H28N4O7S/c1-10(25)15(20)18(28)23-14(9-31)17(27)22-13(8-24)16(26)21-12(19(29)30)7-11-5-3-2-4-6-11/h2-6,10,12-15,24-25,31H,7-9,20H2,1H3,(H,21,26)(H,22,27)(H,23,28)(H,29,30). The lowest BCUT2D eigenvalue weighted by atomic mass is 10.1. The zero-order chi connectivity index (χ0) is 23.6. The van der Waals surface area contributed by atoms with Gasteiger partial charge in [0.2, 0.25) is 17.7 Å². The van der Waals surface area contributed by atoms with Crippen LogP contribution in [0.1, 0.15) is 12.5 Å². The van der Waals surface area contributed by atoms with Gasteiger partial charge in [-0.1, -0.05) is 30.3 Å². The van der Waals surface area contributed by atoms with Crippen molar-refractivity contribution in [1.82, 2.24) is 16.0 Å². The molecule has 0 aromatic heterocycles. The average molecular weight is 457 g/mol. The lowest BCUT2D eigenvalue weighted by Crippen LogP contribution is -2.59. The molecule has 0 fully saturated rings. The van der Waals surface area contributed by atoms with E-state index in [0.717, 1.165) is 0 Å². The van der Waals surface area contributed by atoms with E-state index in [-0.39, 0.29) is 12.2 Å². The molecule has 1 aromatic carbocycles. The minimum absolute atomic E-state index is 0.000559. The van der Waals surface area contributed by atoms with Crippen LogP contribution in [0.25, 0.3) is 0 Å². The van der Waals surface area contributed by atoms with Crippen LogP contribution in [0.2, 0.25) is 0 Å². The molecule has 0 radical (unpaired) electrons. The largest absolute Gasteiger partial charge is 0.480 e. The lowest BCUT2D eigenvalue weighted by Gasteiger charge is -2.24. The summed E-state index contributed by atoms with van der Waals surface area (Å²) in [6, 6.07) is 3.38. The first kappa shape index (κ1) is 26.4.